The van der Waals surface area contributed by atoms with Crippen molar-refractivity contribution in [3.8, 4) is 11.4 Å². The highest BCUT2D eigenvalue weighted by Gasteiger charge is 2.36. The van der Waals surface area contributed by atoms with Gasteiger partial charge >= 0.3 is 5.69 Å². The third-order valence-corrected chi connectivity index (χ3v) is 8.16. The van der Waals surface area contributed by atoms with Gasteiger partial charge in [-0.2, -0.15) is 4.98 Å². The molecule has 1 aromatic carbocycles. The van der Waals surface area contributed by atoms with Gasteiger partial charge in [0.15, 0.2) is 0 Å². The Bertz CT molecular complexity index is 1570. The first-order valence-electron chi connectivity index (χ1n) is 14.1. The minimum atomic E-state index is -0.444. The molecule has 5 rings (SSSR count). The highest BCUT2D eigenvalue weighted by Crippen LogP contribution is 2.35. The summed E-state index contributed by atoms with van der Waals surface area (Å²) in [5.74, 6) is 0.0633. The van der Waals surface area contributed by atoms with E-state index in [2.05, 4.69) is 21.4 Å². The molecular formula is C31H37FN6O3. The van der Waals surface area contributed by atoms with E-state index in [1.807, 2.05) is 45.6 Å². The highest BCUT2D eigenvalue weighted by atomic mass is 19.1. The lowest BCUT2D eigenvalue weighted by Crippen LogP contribution is -2.58. The zero-order valence-corrected chi connectivity index (χ0v) is 24.3. The second-order valence-electron chi connectivity index (χ2n) is 11.3. The second kappa shape index (κ2) is 11.0. The van der Waals surface area contributed by atoms with Gasteiger partial charge in [-0.25, -0.2) is 9.18 Å². The number of aryl methyl sites for hydroxylation is 1. The van der Waals surface area contributed by atoms with Crippen LogP contribution < -0.4 is 15.5 Å². The van der Waals surface area contributed by atoms with E-state index in [9.17, 15) is 19.1 Å². The van der Waals surface area contributed by atoms with Crippen LogP contribution >= 0.6 is 0 Å². The average Bonchev–Trinajstić information content (AvgIpc) is 2.94. The summed E-state index contributed by atoms with van der Waals surface area (Å²) in [5, 5.41) is 10.1. The molecule has 0 spiro atoms. The summed E-state index contributed by atoms with van der Waals surface area (Å²) in [6.45, 7) is 15.4. The van der Waals surface area contributed by atoms with Crippen LogP contribution in [-0.4, -0.2) is 62.2 Å². The Balaban J connectivity index is 1.70. The molecule has 10 heteroatoms. The Kier molecular flexibility index (Phi) is 7.59. The lowest BCUT2D eigenvalue weighted by molar-refractivity contribution is -0.128. The van der Waals surface area contributed by atoms with E-state index < -0.39 is 11.5 Å². The number of carbonyl (C=O) groups excluding carboxylic acids is 1. The van der Waals surface area contributed by atoms with Crippen molar-refractivity contribution in [2.75, 3.05) is 29.4 Å². The number of piperazine rings is 1. The summed E-state index contributed by atoms with van der Waals surface area (Å²) < 4.78 is 16.6. The van der Waals surface area contributed by atoms with Crippen molar-refractivity contribution in [3.63, 3.8) is 0 Å². The zero-order chi connectivity index (χ0) is 29.6. The Morgan fingerprint density at radius 1 is 1.20 bits per heavy atom. The molecule has 1 fully saturated rings. The van der Waals surface area contributed by atoms with Crippen LogP contribution in [0.2, 0.25) is 0 Å². The molecule has 4 heterocycles. The Labute approximate surface area is 239 Å². The number of nitrogens with zero attached hydrogens (tertiary/aromatic N) is 6. The van der Waals surface area contributed by atoms with Gasteiger partial charge in [-0.1, -0.05) is 20.4 Å². The van der Waals surface area contributed by atoms with Crippen LogP contribution in [0.5, 0.6) is 5.75 Å². The van der Waals surface area contributed by atoms with Gasteiger partial charge < -0.3 is 19.8 Å². The summed E-state index contributed by atoms with van der Waals surface area (Å²) in [6.07, 6.45) is 3.59. The van der Waals surface area contributed by atoms with Crippen molar-refractivity contribution in [1.29, 1.82) is 0 Å². The van der Waals surface area contributed by atoms with Crippen LogP contribution in [0.1, 0.15) is 56.1 Å². The van der Waals surface area contributed by atoms with Gasteiger partial charge in [0.1, 0.15) is 17.4 Å². The molecule has 1 N–H and O–H groups in total. The molecule has 2 aromatic heterocycles. The molecule has 0 bridgehead atoms. The number of hydrogen-bond acceptors (Lipinski definition) is 7. The molecule has 9 nitrogen and oxygen atoms in total. The number of anilines is 2. The SMILES string of the molecule is C=CC(=O)N1C[C@H](C)N(c2nc(=O)n(-c3c(C)ccnc3C(C)C)c3c2CCN(c2cc(O)ccc2F)C3)C[C@H]1C. The van der Waals surface area contributed by atoms with Gasteiger partial charge in [-0.15, -0.1) is 0 Å². The molecular weight excluding hydrogens is 523 g/mol. The van der Waals surface area contributed by atoms with Gasteiger partial charge in [-0.05, 0) is 62.9 Å². The van der Waals surface area contributed by atoms with Gasteiger partial charge in [0.25, 0.3) is 0 Å². The van der Waals surface area contributed by atoms with Gasteiger partial charge in [0.2, 0.25) is 5.91 Å². The number of fused-ring (bicyclic) bond motifs is 1. The number of amides is 1. The molecule has 2 aliphatic heterocycles. The molecule has 0 unspecified atom stereocenters. The molecule has 1 saturated heterocycles. The third-order valence-electron chi connectivity index (χ3n) is 8.16. The quantitative estimate of drug-likeness (QED) is 0.470. The van der Waals surface area contributed by atoms with Crippen molar-refractivity contribution in [2.45, 2.75) is 65.6 Å². The molecule has 41 heavy (non-hydrogen) atoms. The Hall–Kier alpha value is -4.21. The molecule has 0 saturated carbocycles. The fourth-order valence-corrected chi connectivity index (χ4v) is 6.06. The monoisotopic (exact) mass is 560 g/mol. The number of carbonyl (C=O) groups is 1. The first-order valence-corrected chi connectivity index (χ1v) is 14.1. The van der Waals surface area contributed by atoms with E-state index in [0.29, 0.717) is 37.6 Å². The van der Waals surface area contributed by atoms with Crippen molar-refractivity contribution < 1.29 is 14.3 Å². The van der Waals surface area contributed by atoms with Crippen LogP contribution in [0.4, 0.5) is 15.9 Å². The number of pyridine rings is 1. The number of rotatable bonds is 5. The smallest absolute Gasteiger partial charge is 0.354 e. The minimum Gasteiger partial charge on any atom is -0.508 e. The number of phenolic OH excluding ortho intramolecular Hbond substituents is 1. The fraction of sp³-hybridized carbons (Fsp3) is 0.419. The van der Waals surface area contributed by atoms with Crippen LogP contribution in [-0.2, 0) is 17.8 Å². The van der Waals surface area contributed by atoms with Crippen molar-refractivity contribution in [3.05, 3.63) is 81.9 Å². The second-order valence-corrected chi connectivity index (χ2v) is 11.3. The standard InChI is InChI=1S/C31H37FN6O3/c1-7-27(40)36-15-21(6)37(16-20(36)5)30-23-11-13-35(25-14-22(39)8-9-24(25)32)17-26(23)38(31(41)34-30)29-19(4)10-12-33-28(29)18(2)3/h7-10,12,14,18,20-21,39H,1,11,13,15-17H2,2-6H3/t20-,21+/m1/s1. The zero-order valence-electron chi connectivity index (χ0n) is 24.3. The average molecular weight is 561 g/mol. The number of aromatic nitrogens is 3. The molecule has 0 radical (unpaired) electrons. The van der Waals surface area contributed by atoms with Gasteiger partial charge in [-0.3, -0.25) is 14.3 Å². The predicted molar refractivity (Wildman–Crippen MR) is 157 cm³/mol. The normalized spacial score (nSPS) is 19.0. The summed E-state index contributed by atoms with van der Waals surface area (Å²) in [6, 6.07) is 5.67. The molecule has 2 atom stereocenters. The minimum absolute atomic E-state index is 0.0278. The molecule has 3 aromatic rings. The van der Waals surface area contributed by atoms with Crippen molar-refractivity contribution in [1.82, 2.24) is 19.4 Å². The molecule has 216 valence electrons. The maximum Gasteiger partial charge on any atom is 0.354 e. The number of phenols is 1. The summed E-state index contributed by atoms with van der Waals surface area (Å²) in [4.78, 5) is 41.6. The number of benzene rings is 1. The Morgan fingerprint density at radius 3 is 2.66 bits per heavy atom. The number of hydrogen-bond donors (Lipinski definition) is 1. The molecule has 0 aliphatic carbocycles. The number of halogens is 1. The van der Waals surface area contributed by atoms with E-state index in [4.69, 9.17) is 0 Å². The van der Waals surface area contributed by atoms with Crippen LogP contribution in [0.15, 0.2) is 47.9 Å². The Morgan fingerprint density at radius 2 is 1.95 bits per heavy atom. The van der Waals surface area contributed by atoms with E-state index in [0.717, 1.165) is 22.5 Å². The summed E-state index contributed by atoms with van der Waals surface area (Å²) in [7, 11) is 0. The van der Waals surface area contributed by atoms with Gasteiger partial charge in [0.05, 0.1) is 29.3 Å². The predicted octanol–water partition coefficient (Wildman–Crippen LogP) is 4.08. The number of aromatic hydroxyl groups is 1. The molecule has 1 amide bonds. The first-order chi connectivity index (χ1) is 19.5. The molecule has 2 aliphatic rings. The van der Waals surface area contributed by atoms with Crippen LogP contribution in [0, 0.1) is 12.7 Å². The summed E-state index contributed by atoms with van der Waals surface area (Å²) in [5.41, 5.74) is 3.85. The topological polar surface area (TPSA) is 94.8 Å². The highest BCUT2D eigenvalue weighted by molar-refractivity contribution is 5.87. The summed E-state index contributed by atoms with van der Waals surface area (Å²) >= 11 is 0. The lowest BCUT2D eigenvalue weighted by Gasteiger charge is -2.45. The van der Waals surface area contributed by atoms with Crippen molar-refractivity contribution >= 4 is 17.4 Å². The van der Waals surface area contributed by atoms with E-state index in [1.54, 1.807) is 15.7 Å². The fourth-order valence-electron chi connectivity index (χ4n) is 6.06. The maximum absolute atomic E-state index is 15.0. The third kappa shape index (κ3) is 5.07. The van der Waals surface area contributed by atoms with Crippen LogP contribution in [0.25, 0.3) is 5.69 Å². The lowest BCUT2D eigenvalue weighted by atomic mass is 9.99. The van der Waals surface area contributed by atoms with E-state index >= 15 is 0 Å². The van der Waals surface area contributed by atoms with E-state index in [1.165, 1.54) is 24.3 Å². The first kappa shape index (κ1) is 28.3. The maximum atomic E-state index is 15.0. The van der Waals surface area contributed by atoms with E-state index in [-0.39, 0.29) is 41.9 Å². The van der Waals surface area contributed by atoms with Crippen LogP contribution in [0.3, 0.4) is 0 Å². The van der Waals surface area contributed by atoms with Gasteiger partial charge in [0, 0.05) is 49.5 Å². The van der Waals surface area contributed by atoms with Crippen molar-refractivity contribution in [2.24, 2.45) is 0 Å². The largest absolute Gasteiger partial charge is 0.508 e.